The fourth-order valence-electron chi connectivity index (χ4n) is 4.97. The molecule has 3 rings (SSSR count). The molecule has 0 radical (unpaired) electrons. The lowest BCUT2D eigenvalue weighted by atomic mass is 10.0. The van der Waals surface area contributed by atoms with E-state index in [9.17, 15) is 23.1 Å². The zero-order chi connectivity index (χ0) is 32.4. The van der Waals surface area contributed by atoms with Crippen LogP contribution in [0.15, 0.2) is 53.4 Å². The number of fused-ring (bicyclic) bond motifs is 1. The zero-order valence-electron chi connectivity index (χ0n) is 26.7. The first-order valence-electron chi connectivity index (χ1n) is 15.3. The molecule has 4 atom stereocenters. The van der Waals surface area contributed by atoms with Crippen LogP contribution in [0.5, 0.6) is 5.75 Å². The van der Waals surface area contributed by atoms with Crippen molar-refractivity contribution in [1.82, 2.24) is 15.1 Å². The molecule has 0 spiro atoms. The van der Waals surface area contributed by atoms with Crippen LogP contribution in [0.4, 0.5) is 10.5 Å². The van der Waals surface area contributed by atoms with E-state index >= 15 is 0 Å². The van der Waals surface area contributed by atoms with Gasteiger partial charge in [0.1, 0.15) is 5.75 Å². The summed E-state index contributed by atoms with van der Waals surface area (Å²) in [5.41, 5.74) is 0.391. The summed E-state index contributed by atoms with van der Waals surface area (Å²) in [7, 11) is -2.19. The molecule has 2 aromatic rings. The number of carbonyl (C=O) groups excluding carboxylic acids is 2. The number of nitrogens with zero attached hydrogens (tertiary/aromatic N) is 2. The van der Waals surface area contributed by atoms with Crippen LogP contribution in [0.2, 0.25) is 0 Å². The van der Waals surface area contributed by atoms with E-state index in [2.05, 4.69) is 10.0 Å². The van der Waals surface area contributed by atoms with E-state index in [4.69, 9.17) is 9.47 Å². The number of urea groups is 1. The van der Waals surface area contributed by atoms with E-state index < -0.39 is 22.0 Å². The molecule has 1 aliphatic rings. The third-order valence-corrected chi connectivity index (χ3v) is 8.97. The minimum atomic E-state index is -3.90. The number of benzene rings is 2. The van der Waals surface area contributed by atoms with Crippen molar-refractivity contribution in [3.63, 3.8) is 0 Å². The number of likely N-dealkylation sites (N-methyl/N-ethyl adjacent to an activating group) is 1. The highest BCUT2D eigenvalue weighted by Gasteiger charge is 2.31. The fourth-order valence-corrected chi connectivity index (χ4v) is 6.04. The van der Waals surface area contributed by atoms with Crippen molar-refractivity contribution in [2.45, 2.75) is 83.1 Å². The molecule has 2 aromatic carbocycles. The lowest BCUT2D eigenvalue weighted by Gasteiger charge is -2.36. The van der Waals surface area contributed by atoms with Crippen molar-refractivity contribution < 1.29 is 32.6 Å². The van der Waals surface area contributed by atoms with Gasteiger partial charge in [-0.25, -0.2) is 13.2 Å². The number of nitrogens with one attached hydrogen (secondary N) is 2. The number of hydrogen-bond acceptors (Lipinski definition) is 7. The highest BCUT2D eigenvalue weighted by atomic mass is 32.2. The molecule has 3 amide bonds. The second-order valence-electron chi connectivity index (χ2n) is 11.9. The van der Waals surface area contributed by atoms with Crippen LogP contribution >= 0.6 is 0 Å². The molecule has 3 N–H and O–H groups in total. The maximum Gasteiger partial charge on any atom is 0.317 e. The molecule has 0 aromatic heterocycles. The van der Waals surface area contributed by atoms with E-state index in [1.165, 1.54) is 18.2 Å². The van der Waals surface area contributed by atoms with E-state index in [0.29, 0.717) is 25.3 Å². The number of amides is 3. The van der Waals surface area contributed by atoms with Crippen LogP contribution in [0.3, 0.4) is 0 Å². The van der Waals surface area contributed by atoms with Gasteiger partial charge in [0, 0.05) is 44.4 Å². The third-order valence-electron chi connectivity index (χ3n) is 7.57. The average molecular weight is 633 g/mol. The number of sulfonamides is 1. The molecule has 0 saturated carbocycles. The van der Waals surface area contributed by atoms with Crippen molar-refractivity contribution >= 4 is 27.6 Å². The highest BCUT2D eigenvalue weighted by Crippen LogP contribution is 2.29. The Balaban J connectivity index is 1.98. The van der Waals surface area contributed by atoms with E-state index in [0.717, 1.165) is 12.8 Å². The monoisotopic (exact) mass is 632 g/mol. The quantitative estimate of drug-likeness (QED) is 0.394. The van der Waals surface area contributed by atoms with Gasteiger partial charge in [-0.3, -0.25) is 9.52 Å². The Bertz CT molecular complexity index is 1340. The molecule has 0 unspecified atom stereocenters. The van der Waals surface area contributed by atoms with Crippen molar-refractivity contribution in [2.75, 3.05) is 38.1 Å². The Morgan fingerprint density at radius 2 is 1.82 bits per heavy atom. The molecule has 0 aliphatic carbocycles. The molecule has 0 saturated heterocycles. The average Bonchev–Trinajstić information content (AvgIpc) is 2.98. The van der Waals surface area contributed by atoms with Gasteiger partial charge in [-0.05, 0) is 77.3 Å². The predicted octanol–water partition coefficient (Wildman–Crippen LogP) is 4.33. The second kappa shape index (κ2) is 16.1. The molecule has 1 heterocycles. The molecule has 1 aliphatic heterocycles. The Labute approximate surface area is 262 Å². The minimum Gasteiger partial charge on any atom is -0.490 e. The van der Waals surface area contributed by atoms with Gasteiger partial charge in [-0.15, -0.1) is 0 Å². The van der Waals surface area contributed by atoms with Gasteiger partial charge in [0.2, 0.25) is 0 Å². The van der Waals surface area contributed by atoms with Crippen LogP contribution in [-0.2, 0) is 14.8 Å². The molecular formula is C32H48N4O7S. The van der Waals surface area contributed by atoms with Crippen LogP contribution in [0.1, 0.15) is 64.2 Å². The first-order valence-corrected chi connectivity index (χ1v) is 16.7. The fraction of sp³-hybridized carbons (Fsp3) is 0.562. The number of aliphatic hydroxyl groups excluding tert-OH is 1. The van der Waals surface area contributed by atoms with E-state index in [-0.39, 0.29) is 59.5 Å². The van der Waals surface area contributed by atoms with Crippen molar-refractivity contribution in [2.24, 2.45) is 5.92 Å². The third kappa shape index (κ3) is 9.83. The molecule has 0 bridgehead atoms. The normalized spacial score (nSPS) is 21.0. The van der Waals surface area contributed by atoms with Crippen LogP contribution in [0.25, 0.3) is 0 Å². The Morgan fingerprint density at radius 1 is 1.11 bits per heavy atom. The van der Waals surface area contributed by atoms with Crippen LogP contribution in [0, 0.1) is 5.92 Å². The summed E-state index contributed by atoms with van der Waals surface area (Å²) in [4.78, 5) is 30.1. The molecule has 44 heavy (non-hydrogen) atoms. The van der Waals surface area contributed by atoms with Crippen molar-refractivity contribution in [1.29, 1.82) is 0 Å². The van der Waals surface area contributed by atoms with Crippen molar-refractivity contribution in [3.05, 3.63) is 54.1 Å². The first-order chi connectivity index (χ1) is 20.8. The van der Waals surface area contributed by atoms with Crippen LogP contribution < -0.4 is 14.8 Å². The lowest BCUT2D eigenvalue weighted by Crippen LogP contribution is -2.49. The molecular weight excluding hydrogens is 584 g/mol. The number of rotatable bonds is 8. The first kappa shape index (κ1) is 35.1. The van der Waals surface area contributed by atoms with Gasteiger partial charge in [-0.1, -0.05) is 25.1 Å². The van der Waals surface area contributed by atoms with Crippen LogP contribution in [-0.4, -0.2) is 92.9 Å². The maximum absolute atomic E-state index is 14.2. The maximum atomic E-state index is 14.2. The summed E-state index contributed by atoms with van der Waals surface area (Å²) in [6.07, 6.45) is 1.74. The zero-order valence-corrected chi connectivity index (χ0v) is 27.5. The van der Waals surface area contributed by atoms with Crippen molar-refractivity contribution in [3.8, 4) is 5.75 Å². The summed E-state index contributed by atoms with van der Waals surface area (Å²) < 4.78 is 41.2. The Morgan fingerprint density at radius 3 is 2.48 bits per heavy atom. The lowest BCUT2D eigenvalue weighted by molar-refractivity contribution is -0.0122. The molecule has 0 fully saturated rings. The summed E-state index contributed by atoms with van der Waals surface area (Å²) in [5, 5.41) is 13.0. The number of ether oxygens (including phenoxy) is 2. The topological polar surface area (TPSA) is 138 Å². The summed E-state index contributed by atoms with van der Waals surface area (Å²) in [6, 6.07) is 11.9. The summed E-state index contributed by atoms with van der Waals surface area (Å²) in [5.74, 6) is -0.292. The highest BCUT2D eigenvalue weighted by molar-refractivity contribution is 7.92. The van der Waals surface area contributed by atoms with Gasteiger partial charge in [0.25, 0.3) is 15.9 Å². The number of aliphatic hydroxyl groups is 1. The van der Waals surface area contributed by atoms with Gasteiger partial charge >= 0.3 is 6.03 Å². The molecule has 12 heteroatoms. The second-order valence-corrected chi connectivity index (χ2v) is 13.6. The van der Waals surface area contributed by atoms with Gasteiger partial charge in [0.05, 0.1) is 35.3 Å². The number of hydrogen-bond donors (Lipinski definition) is 3. The summed E-state index contributed by atoms with van der Waals surface area (Å²) >= 11 is 0. The van der Waals surface area contributed by atoms with E-state index in [1.54, 1.807) is 54.1 Å². The molecule has 244 valence electrons. The Hall–Kier alpha value is -3.35. The van der Waals surface area contributed by atoms with Gasteiger partial charge < -0.3 is 29.7 Å². The minimum absolute atomic E-state index is 0.0165. The molecule has 11 nitrogen and oxygen atoms in total. The number of carbonyl (C=O) groups is 2. The summed E-state index contributed by atoms with van der Waals surface area (Å²) in [6.45, 7) is 10.2. The predicted molar refractivity (Wildman–Crippen MR) is 170 cm³/mol. The smallest absolute Gasteiger partial charge is 0.317 e. The van der Waals surface area contributed by atoms with Gasteiger partial charge in [0.15, 0.2) is 0 Å². The Kier molecular flexibility index (Phi) is 12.9. The van der Waals surface area contributed by atoms with Gasteiger partial charge in [-0.2, -0.15) is 0 Å². The number of anilines is 1. The SMILES string of the molecule is CC(C)NC(=O)N(C)C[C@H]1OCCCC[C@H](C)Oc2ccc(NS(=O)(=O)c3ccccc3)cc2C(=O)N([C@H](C)CO)C[C@@H]1C. The standard InChI is InChI=1S/C32H48N4O7S/c1-22(2)33-32(39)35(6)20-30-23(3)19-36(24(4)21-37)31(38)28-18-26(34-44(40,41)27-13-8-7-9-14-27)15-16-29(28)43-25(5)12-10-11-17-42-30/h7-9,13-16,18,22-25,30,34,37H,10-12,17,19-21H2,1-6H3,(H,33,39)/t23-,24+,25-,30+/m0/s1. The largest absolute Gasteiger partial charge is 0.490 e. The van der Waals surface area contributed by atoms with E-state index in [1.807, 2.05) is 27.7 Å².